The van der Waals surface area contributed by atoms with Crippen molar-refractivity contribution in [2.24, 2.45) is 17.8 Å². The van der Waals surface area contributed by atoms with E-state index in [1.807, 2.05) is 0 Å². The normalized spacial score (nSPS) is 34.9. The average molecular weight is 278 g/mol. The summed E-state index contributed by atoms with van der Waals surface area (Å²) in [5, 5.41) is 0. The molecule has 1 nitrogen and oxygen atoms in total. The number of hydrogen-bond donors (Lipinski definition) is 0. The molecule has 2 fully saturated rings. The van der Waals surface area contributed by atoms with Crippen molar-refractivity contribution < 1.29 is 4.74 Å². The van der Waals surface area contributed by atoms with Gasteiger partial charge in [0.1, 0.15) is 0 Å². The third-order valence-electron chi connectivity index (χ3n) is 5.64. The van der Waals surface area contributed by atoms with Crippen molar-refractivity contribution in [2.45, 2.75) is 83.7 Å². The standard InChI is InChI=1S/C19H34O/c1-3-5-6-15-20-19-13-11-18(12-14-19)17-9-7-16(4-2)8-10-17/h4,16-19H,2-3,5-15H2,1H3. The molecular formula is C19H34O. The van der Waals surface area contributed by atoms with Crippen LogP contribution in [0.1, 0.15) is 77.6 Å². The largest absolute Gasteiger partial charge is 0.378 e. The molecule has 0 aromatic carbocycles. The Hall–Kier alpha value is -0.300. The molecule has 0 N–H and O–H groups in total. The van der Waals surface area contributed by atoms with Gasteiger partial charge in [0.15, 0.2) is 0 Å². The Morgan fingerprint density at radius 2 is 1.50 bits per heavy atom. The molecule has 0 amide bonds. The van der Waals surface area contributed by atoms with E-state index in [0.717, 1.165) is 24.4 Å². The Morgan fingerprint density at radius 3 is 2.05 bits per heavy atom. The van der Waals surface area contributed by atoms with Crippen LogP contribution in [-0.4, -0.2) is 12.7 Å². The molecule has 0 radical (unpaired) electrons. The van der Waals surface area contributed by atoms with Crippen LogP contribution in [-0.2, 0) is 4.74 Å². The fourth-order valence-electron chi connectivity index (χ4n) is 4.18. The SMILES string of the molecule is C=CC1CCC(C2CCC(OCCCCC)CC2)CC1. The van der Waals surface area contributed by atoms with Crippen molar-refractivity contribution in [2.75, 3.05) is 6.61 Å². The van der Waals surface area contributed by atoms with Crippen LogP contribution in [0, 0.1) is 17.8 Å². The van der Waals surface area contributed by atoms with Gasteiger partial charge in [-0.3, -0.25) is 0 Å². The summed E-state index contributed by atoms with van der Waals surface area (Å²) in [5.41, 5.74) is 0. The lowest BCUT2D eigenvalue weighted by atomic mass is 9.70. The van der Waals surface area contributed by atoms with Crippen LogP contribution < -0.4 is 0 Å². The van der Waals surface area contributed by atoms with Gasteiger partial charge in [0.25, 0.3) is 0 Å². The van der Waals surface area contributed by atoms with Crippen LogP contribution in [0.5, 0.6) is 0 Å². The molecule has 0 aromatic heterocycles. The van der Waals surface area contributed by atoms with Crippen molar-refractivity contribution in [1.29, 1.82) is 0 Å². The van der Waals surface area contributed by atoms with Gasteiger partial charge in [-0.25, -0.2) is 0 Å². The highest BCUT2D eigenvalue weighted by Crippen LogP contribution is 2.40. The van der Waals surface area contributed by atoms with Gasteiger partial charge in [-0.1, -0.05) is 25.8 Å². The van der Waals surface area contributed by atoms with E-state index < -0.39 is 0 Å². The van der Waals surface area contributed by atoms with E-state index in [-0.39, 0.29) is 0 Å². The maximum Gasteiger partial charge on any atom is 0.0575 e. The highest BCUT2D eigenvalue weighted by atomic mass is 16.5. The molecule has 0 heterocycles. The Morgan fingerprint density at radius 1 is 0.900 bits per heavy atom. The van der Waals surface area contributed by atoms with Gasteiger partial charge in [0.05, 0.1) is 6.10 Å². The predicted octanol–water partition coefficient (Wildman–Crippen LogP) is 5.74. The zero-order chi connectivity index (χ0) is 14.2. The first-order chi connectivity index (χ1) is 9.83. The van der Waals surface area contributed by atoms with Crippen molar-refractivity contribution in [3.05, 3.63) is 12.7 Å². The second kappa shape index (κ2) is 8.87. The highest BCUT2D eigenvalue weighted by Gasteiger charge is 2.30. The summed E-state index contributed by atoms with van der Waals surface area (Å²) >= 11 is 0. The van der Waals surface area contributed by atoms with Crippen LogP contribution in [0.2, 0.25) is 0 Å². The topological polar surface area (TPSA) is 9.23 Å². The van der Waals surface area contributed by atoms with E-state index in [2.05, 4.69) is 19.6 Å². The minimum Gasteiger partial charge on any atom is -0.378 e. The number of unbranched alkanes of at least 4 members (excludes halogenated alkanes) is 2. The molecule has 2 aliphatic rings. The number of ether oxygens (including phenoxy) is 1. The second-order valence-electron chi connectivity index (χ2n) is 7.03. The van der Waals surface area contributed by atoms with Crippen molar-refractivity contribution in [1.82, 2.24) is 0 Å². The summed E-state index contributed by atoms with van der Waals surface area (Å²) in [4.78, 5) is 0. The first-order valence-electron chi connectivity index (χ1n) is 9.07. The smallest absolute Gasteiger partial charge is 0.0575 e. The Balaban J connectivity index is 1.60. The summed E-state index contributed by atoms with van der Waals surface area (Å²) in [5.74, 6) is 2.81. The lowest BCUT2D eigenvalue weighted by Gasteiger charge is -2.37. The molecule has 0 atom stereocenters. The molecule has 0 aliphatic heterocycles. The lowest BCUT2D eigenvalue weighted by Crippen LogP contribution is -2.28. The monoisotopic (exact) mass is 278 g/mol. The molecule has 1 heteroatoms. The van der Waals surface area contributed by atoms with E-state index in [4.69, 9.17) is 4.74 Å². The van der Waals surface area contributed by atoms with E-state index >= 15 is 0 Å². The molecular weight excluding hydrogens is 244 g/mol. The number of hydrogen-bond acceptors (Lipinski definition) is 1. The van der Waals surface area contributed by atoms with Gasteiger partial charge >= 0.3 is 0 Å². The molecule has 0 spiro atoms. The minimum absolute atomic E-state index is 0.577. The molecule has 20 heavy (non-hydrogen) atoms. The fraction of sp³-hybridized carbons (Fsp3) is 0.895. The quantitative estimate of drug-likeness (QED) is 0.426. The third-order valence-corrected chi connectivity index (χ3v) is 5.64. The van der Waals surface area contributed by atoms with Gasteiger partial charge in [0.2, 0.25) is 0 Å². The summed E-state index contributed by atoms with van der Waals surface area (Å²) in [6, 6.07) is 0. The van der Waals surface area contributed by atoms with E-state index in [1.54, 1.807) is 0 Å². The van der Waals surface area contributed by atoms with Gasteiger partial charge in [-0.15, -0.1) is 6.58 Å². The van der Waals surface area contributed by atoms with Crippen LogP contribution >= 0.6 is 0 Å². The molecule has 0 saturated heterocycles. The number of allylic oxidation sites excluding steroid dienone is 1. The zero-order valence-corrected chi connectivity index (χ0v) is 13.5. The average Bonchev–Trinajstić information content (AvgIpc) is 2.52. The first kappa shape index (κ1) is 16.1. The van der Waals surface area contributed by atoms with Crippen LogP contribution in [0.25, 0.3) is 0 Å². The Labute approximate surface area is 126 Å². The summed E-state index contributed by atoms with van der Waals surface area (Å²) in [7, 11) is 0. The maximum atomic E-state index is 6.04. The molecule has 0 bridgehead atoms. The van der Waals surface area contributed by atoms with Crippen molar-refractivity contribution >= 4 is 0 Å². The van der Waals surface area contributed by atoms with Gasteiger partial charge in [-0.05, 0) is 75.5 Å². The predicted molar refractivity (Wildman–Crippen MR) is 86.9 cm³/mol. The molecule has 116 valence electrons. The molecule has 2 saturated carbocycles. The lowest BCUT2D eigenvalue weighted by molar-refractivity contribution is 0.00607. The summed E-state index contributed by atoms with van der Waals surface area (Å²) < 4.78 is 6.04. The van der Waals surface area contributed by atoms with E-state index in [1.165, 1.54) is 70.6 Å². The zero-order valence-electron chi connectivity index (χ0n) is 13.5. The minimum atomic E-state index is 0.577. The van der Waals surface area contributed by atoms with Crippen LogP contribution in [0.4, 0.5) is 0 Å². The van der Waals surface area contributed by atoms with Crippen LogP contribution in [0.15, 0.2) is 12.7 Å². The molecule has 0 aromatic rings. The van der Waals surface area contributed by atoms with E-state index in [9.17, 15) is 0 Å². The Kier molecular flexibility index (Phi) is 7.13. The summed E-state index contributed by atoms with van der Waals surface area (Å²) in [6.45, 7) is 7.21. The molecule has 2 rings (SSSR count). The van der Waals surface area contributed by atoms with Gasteiger partial charge in [0, 0.05) is 6.61 Å². The fourth-order valence-corrected chi connectivity index (χ4v) is 4.18. The van der Waals surface area contributed by atoms with Crippen molar-refractivity contribution in [3.8, 4) is 0 Å². The number of rotatable bonds is 7. The first-order valence-corrected chi connectivity index (χ1v) is 9.07. The van der Waals surface area contributed by atoms with E-state index in [0.29, 0.717) is 6.10 Å². The Bertz CT molecular complexity index is 257. The molecule has 2 aliphatic carbocycles. The van der Waals surface area contributed by atoms with Crippen molar-refractivity contribution in [3.63, 3.8) is 0 Å². The van der Waals surface area contributed by atoms with Gasteiger partial charge in [-0.2, -0.15) is 0 Å². The summed E-state index contributed by atoms with van der Waals surface area (Å²) in [6.07, 6.45) is 17.8. The van der Waals surface area contributed by atoms with Crippen LogP contribution in [0.3, 0.4) is 0 Å². The third kappa shape index (κ3) is 4.91. The maximum absolute atomic E-state index is 6.04. The molecule has 0 unspecified atom stereocenters. The highest BCUT2D eigenvalue weighted by molar-refractivity contribution is 4.87. The second-order valence-corrected chi connectivity index (χ2v) is 7.03. The van der Waals surface area contributed by atoms with Gasteiger partial charge < -0.3 is 4.74 Å².